The fraction of sp³-hybridized carbons (Fsp3) is 0.480. The van der Waals surface area contributed by atoms with Crippen LogP contribution in [0.2, 0.25) is 0 Å². The first-order chi connectivity index (χ1) is 18.1. The zero-order valence-corrected chi connectivity index (χ0v) is 20.9. The molecule has 2 aliphatic heterocycles. The summed E-state index contributed by atoms with van der Waals surface area (Å²) < 4.78 is 29.9. The first-order valence-electron chi connectivity index (χ1n) is 12.2. The molecule has 1 unspecified atom stereocenters. The number of carbonyl (C=O) groups excluding carboxylic acids is 1. The van der Waals surface area contributed by atoms with Crippen LogP contribution in [-0.2, 0) is 14.3 Å². The van der Waals surface area contributed by atoms with Crippen LogP contribution in [0.5, 0.6) is 17.4 Å². The van der Waals surface area contributed by atoms with Crippen molar-refractivity contribution in [3.8, 4) is 28.5 Å². The van der Waals surface area contributed by atoms with E-state index >= 15 is 0 Å². The molecule has 37 heavy (non-hydrogen) atoms. The lowest BCUT2D eigenvalue weighted by Crippen LogP contribution is -2.41. The number of hydrogen-bond acceptors (Lipinski definition) is 10. The summed E-state index contributed by atoms with van der Waals surface area (Å²) >= 11 is 0. The topological polar surface area (TPSA) is 129 Å². The molecule has 12 heteroatoms. The van der Waals surface area contributed by atoms with Crippen LogP contribution in [0.1, 0.15) is 6.42 Å². The zero-order valence-electron chi connectivity index (χ0n) is 20.9. The van der Waals surface area contributed by atoms with Crippen molar-refractivity contribution in [2.75, 3.05) is 65.7 Å². The van der Waals surface area contributed by atoms with Gasteiger partial charge in [0.25, 0.3) is 11.8 Å². The molecular weight excluding hydrogens is 482 g/mol. The fourth-order valence-electron chi connectivity index (χ4n) is 4.62. The predicted molar refractivity (Wildman–Crippen MR) is 133 cm³/mol. The molecule has 4 bridgehead atoms. The van der Waals surface area contributed by atoms with Gasteiger partial charge in [0, 0.05) is 43.9 Å². The number of aromatic nitrogens is 3. The highest BCUT2D eigenvalue weighted by molar-refractivity contribution is 5.84. The summed E-state index contributed by atoms with van der Waals surface area (Å²) in [5.41, 5.74) is 3.07. The molecule has 1 saturated heterocycles. The molecule has 0 spiro atoms. The Morgan fingerprint density at radius 2 is 2.11 bits per heavy atom. The molecule has 0 aliphatic carbocycles. The van der Waals surface area contributed by atoms with Crippen molar-refractivity contribution in [3.05, 3.63) is 30.6 Å². The highest BCUT2D eigenvalue weighted by atomic mass is 16.5. The summed E-state index contributed by atoms with van der Waals surface area (Å²) in [6.07, 6.45) is 3.32. The standard InChI is InChI=1S/C25H31N5O7/c1-33-7-8-36-21-12-18-15-37-24-22(35-6-5-31)14-30-23(28-24)20(13-27-30)16-9-17(11-19(10-16)34-2)26-3-4-29(18)25(21)32/h9-11,13-14,18,21,26,31H,3-8,12,15H2,1-2H3/t18?,21-/m1/s1. The Balaban J connectivity index is 1.53. The van der Waals surface area contributed by atoms with Gasteiger partial charge in [-0.25, -0.2) is 4.52 Å². The van der Waals surface area contributed by atoms with E-state index in [0.29, 0.717) is 49.9 Å². The Hall–Kier alpha value is -3.61. The number of rotatable bonds is 8. The Kier molecular flexibility index (Phi) is 7.58. The van der Waals surface area contributed by atoms with Gasteiger partial charge in [-0.3, -0.25) is 4.79 Å². The molecule has 0 saturated carbocycles. The third kappa shape index (κ3) is 5.26. The van der Waals surface area contributed by atoms with E-state index in [1.807, 2.05) is 18.2 Å². The summed E-state index contributed by atoms with van der Waals surface area (Å²) in [5.74, 6) is 1.20. The normalized spacial score (nSPS) is 19.3. The molecule has 2 aliphatic rings. The maximum atomic E-state index is 13.2. The van der Waals surface area contributed by atoms with Gasteiger partial charge in [-0.2, -0.15) is 10.1 Å². The number of ether oxygens (including phenoxy) is 5. The number of benzene rings is 1. The van der Waals surface area contributed by atoms with Gasteiger partial charge in [0.05, 0.1) is 45.4 Å². The van der Waals surface area contributed by atoms with Crippen molar-refractivity contribution in [3.63, 3.8) is 0 Å². The van der Waals surface area contributed by atoms with Crippen LogP contribution in [0.15, 0.2) is 30.6 Å². The Bertz CT molecular complexity index is 1250. The highest BCUT2D eigenvalue weighted by Crippen LogP contribution is 2.34. The van der Waals surface area contributed by atoms with Gasteiger partial charge >= 0.3 is 0 Å². The summed E-state index contributed by atoms with van der Waals surface area (Å²) in [5, 5.41) is 17.2. The molecule has 4 heterocycles. The number of fused-ring (bicyclic) bond motifs is 5. The third-order valence-electron chi connectivity index (χ3n) is 6.42. The van der Waals surface area contributed by atoms with Crippen molar-refractivity contribution in [1.82, 2.24) is 19.5 Å². The van der Waals surface area contributed by atoms with E-state index in [-0.39, 0.29) is 37.6 Å². The van der Waals surface area contributed by atoms with Crippen molar-refractivity contribution in [1.29, 1.82) is 0 Å². The average Bonchev–Trinajstić information content (AvgIpc) is 3.45. The van der Waals surface area contributed by atoms with E-state index in [1.165, 1.54) is 0 Å². The summed E-state index contributed by atoms with van der Waals surface area (Å²) in [4.78, 5) is 19.7. The fourth-order valence-corrected chi connectivity index (χ4v) is 4.62. The van der Waals surface area contributed by atoms with Crippen LogP contribution in [0.3, 0.4) is 0 Å². The number of nitrogens with one attached hydrogen (secondary N) is 1. The zero-order chi connectivity index (χ0) is 25.8. The minimum atomic E-state index is -0.565. The molecule has 12 nitrogen and oxygen atoms in total. The maximum absolute atomic E-state index is 13.2. The van der Waals surface area contributed by atoms with E-state index in [2.05, 4.69) is 10.4 Å². The summed E-state index contributed by atoms with van der Waals surface area (Å²) in [7, 11) is 3.21. The van der Waals surface area contributed by atoms with Gasteiger partial charge in [-0.1, -0.05) is 0 Å². The molecule has 1 fully saturated rings. The van der Waals surface area contributed by atoms with Gasteiger partial charge in [0.1, 0.15) is 25.1 Å². The Labute approximate surface area is 214 Å². The van der Waals surface area contributed by atoms with Gasteiger partial charge in [0.15, 0.2) is 11.4 Å². The number of methoxy groups -OCH3 is 2. The highest BCUT2D eigenvalue weighted by Gasteiger charge is 2.40. The van der Waals surface area contributed by atoms with E-state index in [4.69, 9.17) is 28.7 Å². The van der Waals surface area contributed by atoms with Crippen molar-refractivity contribution in [2.45, 2.75) is 18.6 Å². The first-order valence-corrected chi connectivity index (χ1v) is 12.2. The molecule has 1 aromatic carbocycles. The van der Waals surface area contributed by atoms with Gasteiger partial charge in [-0.05, 0) is 17.7 Å². The quantitative estimate of drug-likeness (QED) is 0.424. The van der Waals surface area contributed by atoms with E-state index in [0.717, 1.165) is 16.8 Å². The number of anilines is 1. The number of carbonyl (C=O) groups is 1. The number of nitrogens with zero attached hydrogens (tertiary/aromatic N) is 4. The van der Waals surface area contributed by atoms with E-state index in [1.54, 1.807) is 36.0 Å². The summed E-state index contributed by atoms with van der Waals surface area (Å²) in [6.45, 7) is 1.85. The molecule has 1 amide bonds. The lowest BCUT2D eigenvalue weighted by atomic mass is 10.1. The lowest BCUT2D eigenvalue weighted by molar-refractivity contribution is -0.138. The monoisotopic (exact) mass is 513 g/mol. The van der Waals surface area contributed by atoms with Gasteiger partial charge < -0.3 is 39.0 Å². The second-order valence-corrected chi connectivity index (χ2v) is 8.77. The second kappa shape index (κ2) is 11.2. The lowest BCUT2D eigenvalue weighted by Gasteiger charge is -2.25. The molecule has 198 valence electrons. The van der Waals surface area contributed by atoms with Gasteiger partial charge in [-0.15, -0.1) is 0 Å². The number of amides is 1. The minimum absolute atomic E-state index is 0.0754. The van der Waals surface area contributed by atoms with E-state index in [9.17, 15) is 9.90 Å². The van der Waals surface area contributed by atoms with Crippen LogP contribution in [-0.4, -0.2) is 103 Å². The SMILES string of the molecule is COCCO[C@@H]1CC2COc3nc4c(cnn4cc3OCCO)-c3cc(cc(OC)c3)NCCN2C1=O. The summed E-state index contributed by atoms with van der Waals surface area (Å²) in [6, 6.07) is 5.58. The third-order valence-corrected chi connectivity index (χ3v) is 6.42. The Morgan fingerprint density at radius 1 is 1.22 bits per heavy atom. The van der Waals surface area contributed by atoms with Gasteiger partial charge in [0.2, 0.25) is 0 Å². The maximum Gasteiger partial charge on any atom is 0.260 e. The molecular formula is C25H31N5O7. The van der Waals surface area contributed by atoms with E-state index < -0.39 is 6.10 Å². The van der Waals surface area contributed by atoms with Crippen molar-refractivity contribution in [2.24, 2.45) is 0 Å². The predicted octanol–water partition coefficient (Wildman–Crippen LogP) is 1.21. The van der Waals surface area contributed by atoms with Crippen molar-refractivity contribution >= 4 is 17.2 Å². The van der Waals surface area contributed by atoms with Crippen LogP contribution in [0.4, 0.5) is 5.69 Å². The number of aliphatic hydroxyl groups is 1. The average molecular weight is 514 g/mol. The van der Waals surface area contributed by atoms with Crippen LogP contribution < -0.4 is 19.5 Å². The second-order valence-electron chi connectivity index (χ2n) is 8.77. The Morgan fingerprint density at radius 3 is 2.92 bits per heavy atom. The minimum Gasteiger partial charge on any atom is -0.497 e. The molecule has 5 rings (SSSR count). The smallest absolute Gasteiger partial charge is 0.260 e. The molecule has 2 aromatic heterocycles. The molecule has 0 radical (unpaired) electrons. The van der Waals surface area contributed by atoms with Crippen LogP contribution in [0.25, 0.3) is 16.8 Å². The molecule has 2 N–H and O–H groups in total. The first kappa shape index (κ1) is 25.1. The molecule has 2 atom stereocenters. The molecule has 3 aromatic rings. The van der Waals surface area contributed by atoms with Crippen molar-refractivity contribution < 1.29 is 33.6 Å². The number of aliphatic hydroxyl groups excluding tert-OH is 1. The largest absolute Gasteiger partial charge is 0.497 e. The van der Waals surface area contributed by atoms with Crippen LogP contribution >= 0.6 is 0 Å². The number of hydrogen-bond donors (Lipinski definition) is 2. The van der Waals surface area contributed by atoms with Crippen LogP contribution in [0, 0.1) is 0 Å².